The second-order valence-electron chi connectivity index (χ2n) is 5.69. The summed E-state index contributed by atoms with van der Waals surface area (Å²) in [5.41, 5.74) is 0.799. The zero-order chi connectivity index (χ0) is 14.1. The van der Waals surface area contributed by atoms with Crippen LogP contribution in [0.15, 0.2) is 18.7 Å². The zero-order valence-electron chi connectivity index (χ0n) is 12.1. The first kappa shape index (κ1) is 13.0. The number of anilines is 1. The van der Waals surface area contributed by atoms with Crippen molar-refractivity contribution in [3.8, 4) is 0 Å². The molecular formula is C14H20N6O. The fraction of sp³-hybridized carbons (Fsp3) is 0.643. The fourth-order valence-electron chi connectivity index (χ4n) is 2.74. The number of fused-ring (bicyclic) bond motifs is 1. The van der Waals surface area contributed by atoms with Crippen molar-refractivity contribution in [3.63, 3.8) is 0 Å². The molecule has 21 heavy (non-hydrogen) atoms. The van der Waals surface area contributed by atoms with E-state index in [9.17, 15) is 0 Å². The maximum Gasteiger partial charge on any atom is 0.175 e. The van der Waals surface area contributed by atoms with Crippen molar-refractivity contribution in [2.24, 2.45) is 0 Å². The smallest absolute Gasteiger partial charge is 0.175 e. The van der Waals surface area contributed by atoms with Crippen molar-refractivity contribution >= 4 is 11.5 Å². The molecule has 3 heterocycles. The first-order chi connectivity index (χ1) is 10.4. The summed E-state index contributed by atoms with van der Waals surface area (Å²) in [6.07, 6.45) is 8.25. The van der Waals surface area contributed by atoms with E-state index in [4.69, 9.17) is 4.74 Å². The van der Waals surface area contributed by atoms with Crippen molar-refractivity contribution in [2.45, 2.75) is 18.9 Å². The van der Waals surface area contributed by atoms with Crippen molar-refractivity contribution < 1.29 is 4.74 Å². The van der Waals surface area contributed by atoms with Crippen LogP contribution in [0.5, 0.6) is 0 Å². The van der Waals surface area contributed by atoms with Gasteiger partial charge in [0.1, 0.15) is 6.33 Å². The molecule has 2 fully saturated rings. The number of nitrogens with zero attached hydrogens (tertiary/aromatic N) is 6. The molecule has 2 aliphatic rings. The Morgan fingerprint density at radius 2 is 2.00 bits per heavy atom. The molecule has 0 atom stereocenters. The van der Waals surface area contributed by atoms with Crippen LogP contribution in [0.4, 0.5) is 5.82 Å². The van der Waals surface area contributed by atoms with Crippen LogP contribution in [-0.4, -0.2) is 69.9 Å². The molecule has 2 aromatic heterocycles. The van der Waals surface area contributed by atoms with Crippen LogP contribution in [0.25, 0.3) is 5.65 Å². The Hall–Kier alpha value is -1.73. The number of hydrogen-bond donors (Lipinski definition) is 0. The minimum absolute atomic E-state index is 0.558. The highest BCUT2D eigenvalue weighted by molar-refractivity contribution is 5.46. The van der Waals surface area contributed by atoms with Gasteiger partial charge in [0, 0.05) is 32.7 Å². The van der Waals surface area contributed by atoms with E-state index in [2.05, 4.69) is 24.9 Å². The Balaban J connectivity index is 1.35. The minimum Gasteiger partial charge on any atom is -0.377 e. The molecule has 1 aliphatic carbocycles. The van der Waals surface area contributed by atoms with E-state index in [-0.39, 0.29) is 0 Å². The third-order valence-electron chi connectivity index (χ3n) is 4.15. The van der Waals surface area contributed by atoms with Gasteiger partial charge < -0.3 is 9.64 Å². The summed E-state index contributed by atoms with van der Waals surface area (Å²) in [6, 6.07) is 0. The average Bonchev–Trinajstić information content (AvgIpc) is 3.22. The Morgan fingerprint density at radius 3 is 2.81 bits per heavy atom. The van der Waals surface area contributed by atoms with Gasteiger partial charge in [-0.2, -0.15) is 9.61 Å². The van der Waals surface area contributed by atoms with Gasteiger partial charge in [-0.25, -0.2) is 4.98 Å². The lowest BCUT2D eigenvalue weighted by atomic mass is 10.3. The van der Waals surface area contributed by atoms with Gasteiger partial charge in [-0.3, -0.25) is 9.88 Å². The summed E-state index contributed by atoms with van der Waals surface area (Å²) in [7, 11) is 0. The summed E-state index contributed by atoms with van der Waals surface area (Å²) in [6.45, 7) is 5.99. The van der Waals surface area contributed by atoms with Crippen LogP contribution in [0.1, 0.15) is 12.8 Å². The first-order valence-electron chi connectivity index (χ1n) is 7.63. The summed E-state index contributed by atoms with van der Waals surface area (Å²) < 4.78 is 7.59. The number of piperazine rings is 1. The molecule has 2 aromatic rings. The van der Waals surface area contributed by atoms with E-state index < -0.39 is 0 Å². The molecule has 7 heteroatoms. The van der Waals surface area contributed by atoms with E-state index in [1.165, 1.54) is 12.8 Å². The highest BCUT2D eigenvalue weighted by Gasteiger charge is 2.23. The van der Waals surface area contributed by atoms with Gasteiger partial charge in [-0.15, -0.1) is 0 Å². The highest BCUT2D eigenvalue weighted by Crippen LogP contribution is 2.23. The molecule has 0 N–H and O–H groups in total. The van der Waals surface area contributed by atoms with E-state index in [1.807, 2.05) is 10.7 Å². The molecule has 4 rings (SSSR count). The maximum absolute atomic E-state index is 5.73. The first-order valence-corrected chi connectivity index (χ1v) is 7.63. The van der Waals surface area contributed by atoms with Crippen LogP contribution in [0, 0.1) is 0 Å². The SMILES string of the molecule is c1nc2cncc(N3CCN(CCOC4CC4)CC3)n2n1. The molecule has 0 spiro atoms. The van der Waals surface area contributed by atoms with Crippen molar-refractivity contribution in [2.75, 3.05) is 44.2 Å². The Labute approximate surface area is 123 Å². The van der Waals surface area contributed by atoms with Gasteiger partial charge in [0.25, 0.3) is 0 Å². The van der Waals surface area contributed by atoms with Gasteiger partial charge >= 0.3 is 0 Å². The van der Waals surface area contributed by atoms with E-state index in [1.54, 1.807) is 12.5 Å². The van der Waals surface area contributed by atoms with Crippen molar-refractivity contribution in [3.05, 3.63) is 18.7 Å². The third-order valence-corrected chi connectivity index (χ3v) is 4.15. The Morgan fingerprint density at radius 1 is 1.14 bits per heavy atom. The zero-order valence-corrected chi connectivity index (χ0v) is 12.1. The molecule has 112 valence electrons. The van der Waals surface area contributed by atoms with E-state index >= 15 is 0 Å². The standard InChI is InChI=1S/C14H20N6O/c1-2-12(1)21-8-7-18-3-5-19(6-4-18)14-10-15-9-13-16-11-17-20(13)14/h9-12H,1-8H2. The van der Waals surface area contributed by atoms with Crippen molar-refractivity contribution in [1.29, 1.82) is 0 Å². The summed E-state index contributed by atoms with van der Waals surface area (Å²) >= 11 is 0. The predicted octanol–water partition coefficient (Wildman–Crippen LogP) is 0.425. The van der Waals surface area contributed by atoms with Crippen molar-refractivity contribution in [1.82, 2.24) is 24.5 Å². The number of ether oxygens (including phenoxy) is 1. The lowest BCUT2D eigenvalue weighted by Crippen LogP contribution is -2.48. The largest absolute Gasteiger partial charge is 0.377 e. The molecule has 0 amide bonds. The van der Waals surface area contributed by atoms with Crippen LogP contribution < -0.4 is 4.90 Å². The molecule has 0 radical (unpaired) electrons. The molecule has 7 nitrogen and oxygen atoms in total. The third kappa shape index (κ3) is 2.84. The molecular weight excluding hydrogens is 268 g/mol. The summed E-state index contributed by atoms with van der Waals surface area (Å²) in [4.78, 5) is 13.2. The molecule has 0 bridgehead atoms. The monoisotopic (exact) mass is 288 g/mol. The normalized spacial score (nSPS) is 20.3. The molecule has 1 saturated heterocycles. The lowest BCUT2D eigenvalue weighted by molar-refractivity contribution is 0.0898. The van der Waals surface area contributed by atoms with Crippen LogP contribution >= 0.6 is 0 Å². The predicted molar refractivity (Wildman–Crippen MR) is 78.4 cm³/mol. The average molecular weight is 288 g/mol. The molecule has 1 saturated carbocycles. The van der Waals surface area contributed by atoms with Gasteiger partial charge in [0.15, 0.2) is 11.5 Å². The molecule has 1 aliphatic heterocycles. The number of hydrogen-bond acceptors (Lipinski definition) is 6. The van der Waals surface area contributed by atoms with E-state index in [0.717, 1.165) is 50.8 Å². The van der Waals surface area contributed by atoms with Gasteiger partial charge in [0.05, 0.1) is 25.1 Å². The Bertz CT molecular complexity index is 602. The summed E-state index contributed by atoms with van der Waals surface area (Å²) in [5.74, 6) is 1.03. The topological polar surface area (TPSA) is 58.8 Å². The van der Waals surface area contributed by atoms with Gasteiger partial charge in [0.2, 0.25) is 0 Å². The highest BCUT2D eigenvalue weighted by atomic mass is 16.5. The molecule has 0 aromatic carbocycles. The lowest BCUT2D eigenvalue weighted by Gasteiger charge is -2.35. The second kappa shape index (κ2) is 5.57. The van der Waals surface area contributed by atoms with Gasteiger partial charge in [-0.1, -0.05) is 0 Å². The van der Waals surface area contributed by atoms with E-state index in [0.29, 0.717) is 6.10 Å². The summed E-state index contributed by atoms with van der Waals surface area (Å²) in [5, 5.41) is 4.28. The van der Waals surface area contributed by atoms with Crippen LogP contribution in [0.2, 0.25) is 0 Å². The number of aromatic nitrogens is 4. The quantitative estimate of drug-likeness (QED) is 0.795. The minimum atomic E-state index is 0.558. The molecule has 0 unspecified atom stereocenters. The fourth-order valence-corrected chi connectivity index (χ4v) is 2.74. The second-order valence-corrected chi connectivity index (χ2v) is 5.69. The Kier molecular flexibility index (Phi) is 3.44. The van der Waals surface area contributed by atoms with Gasteiger partial charge in [-0.05, 0) is 12.8 Å². The number of rotatable bonds is 5. The van der Waals surface area contributed by atoms with Crippen LogP contribution in [-0.2, 0) is 4.74 Å². The maximum atomic E-state index is 5.73. The van der Waals surface area contributed by atoms with Crippen LogP contribution in [0.3, 0.4) is 0 Å².